The van der Waals surface area contributed by atoms with Gasteiger partial charge < -0.3 is 25.2 Å². The molecule has 0 spiro atoms. The van der Waals surface area contributed by atoms with Gasteiger partial charge in [-0.1, -0.05) is 18.7 Å². The second-order valence-electron chi connectivity index (χ2n) is 11.1. The molecule has 11 heteroatoms. The SMILES string of the molecule is C=CC(=O)Nc1cc(Nc2nccc(-n3c(=O)n4c5c(cccc53)CCC4)n2)c(OC2CC2)cc1N(C)CCN(C)C. The van der Waals surface area contributed by atoms with Gasteiger partial charge in [-0.3, -0.25) is 9.36 Å². The quantitative estimate of drug-likeness (QED) is 0.262. The van der Waals surface area contributed by atoms with E-state index in [1.807, 2.05) is 50.0 Å². The highest BCUT2D eigenvalue weighted by atomic mass is 16.5. The summed E-state index contributed by atoms with van der Waals surface area (Å²) >= 11 is 0. The fraction of sp³-hybridized carbons (Fsp3) is 0.355. The minimum atomic E-state index is -0.315. The minimum absolute atomic E-state index is 0.112. The molecule has 6 rings (SSSR count). The molecule has 0 atom stereocenters. The van der Waals surface area contributed by atoms with E-state index in [0.29, 0.717) is 35.4 Å². The molecule has 1 aliphatic carbocycles. The van der Waals surface area contributed by atoms with Crippen molar-refractivity contribution in [3.05, 3.63) is 71.3 Å². The number of para-hydroxylation sites is 1. The summed E-state index contributed by atoms with van der Waals surface area (Å²) in [5, 5.41) is 6.24. The first-order chi connectivity index (χ1) is 20.3. The molecule has 2 N–H and O–H groups in total. The van der Waals surface area contributed by atoms with Crippen LogP contribution in [-0.4, -0.2) is 70.2 Å². The van der Waals surface area contributed by atoms with Crippen LogP contribution in [0.15, 0.2) is 60.0 Å². The Morgan fingerprint density at radius 3 is 2.76 bits per heavy atom. The van der Waals surface area contributed by atoms with Gasteiger partial charge in [0.25, 0.3) is 0 Å². The Labute approximate surface area is 244 Å². The number of carbonyl (C=O) groups is 1. The molecule has 2 aromatic heterocycles. The van der Waals surface area contributed by atoms with Gasteiger partial charge in [0.05, 0.1) is 34.2 Å². The number of hydrogen-bond acceptors (Lipinski definition) is 8. The molecule has 0 bridgehead atoms. The molecular formula is C31H36N8O3. The standard InChI is InChI=1S/C31H36N8O3/c1-5-28(40)33-22-18-23(26(42-21-11-12-21)19-25(22)37(4)17-16-36(2)3)34-30-32-14-13-27(35-30)39-24-10-6-8-20-9-7-15-38(29(20)24)31(39)41/h5-6,8,10,13-14,18-19,21H,1,7,9,11-12,15-17H2,2-4H3,(H,33,40)(H,32,34,35). The first-order valence-corrected chi connectivity index (χ1v) is 14.3. The molecule has 1 fully saturated rings. The molecule has 1 amide bonds. The lowest BCUT2D eigenvalue weighted by atomic mass is 10.0. The first-order valence-electron chi connectivity index (χ1n) is 14.3. The smallest absolute Gasteiger partial charge is 0.334 e. The van der Waals surface area contributed by atoms with Gasteiger partial charge in [0.2, 0.25) is 11.9 Å². The van der Waals surface area contributed by atoms with Crippen LogP contribution in [0.25, 0.3) is 16.9 Å². The highest BCUT2D eigenvalue weighted by Crippen LogP contribution is 2.40. The molecule has 42 heavy (non-hydrogen) atoms. The number of nitrogens with one attached hydrogen (secondary N) is 2. The Balaban J connectivity index is 1.39. The summed E-state index contributed by atoms with van der Waals surface area (Å²) in [7, 11) is 6.03. The summed E-state index contributed by atoms with van der Waals surface area (Å²) in [6.45, 7) is 5.87. The number of hydrogen-bond donors (Lipinski definition) is 2. The zero-order valence-corrected chi connectivity index (χ0v) is 24.3. The average molecular weight is 569 g/mol. The third-order valence-electron chi connectivity index (χ3n) is 7.63. The van der Waals surface area contributed by atoms with Crippen LogP contribution in [-0.2, 0) is 17.8 Å². The van der Waals surface area contributed by atoms with Gasteiger partial charge in [-0.05, 0) is 63.6 Å². The normalized spacial score (nSPS) is 14.2. The van der Waals surface area contributed by atoms with E-state index in [1.54, 1.807) is 16.8 Å². The van der Waals surface area contributed by atoms with E-state index in [-0.39, 0.29) is 17.7 Å². The van der Waals surface area contributed by atoms with Crippen LogP contribution in [0.5, 0.6) is 5.75 Å². The van der Waals surface area contributed by atoms with Gasteiger partial charge in [0, 0.05) is 45.0 Å². The second kappa shape index (κ2) is 11.3. The summed E-state index contributed by atoms with van der Waals surface area (Å²) < 4.78 is 9.80. The summed E-state index contributed by atoms with van der Waals surface area (Å²) in [4.78, 5) is 39.3. The van der Waals surface area contributed by atoms with Crippen molar-refractivity contribution in [1.82, 2.24) is 24.0 Å². The number of amides is 1. The van der Waals surface area contributed by atoms with E-state index in [1.165, 1.54) is 11.6 Å². The summed E-state index contributed by atoms with van der Waals surface area (Å²) in [5.74, 6) is 1.11. The maximum Gasteiger partial charge on any atom is 0.334 e. The number of carbonyl (C=O) groups excluding carboxylic acids is 1. The van der Waals surface area contributed by atoms with E-state index in [9.17, 15) is 9.59 Å². The number of aryl methyl sites for hydroxylation is 2. The van der Waals surface area contributed by atoms with E-state index < -0.39 is 0 Å². The van der Waals surface area contributed by atoms with Gasteiger partial charge >= 0.3 is 5.69 Å². The Morgan fingerprint density at radius 1 is 1.17 bits per heavy atom. The molecule has 0 unspecified atom stereocenters. The number of anilines is 4. The molecule has 2 aromatic carbocycles. The molecule has 0 saturated heterocycles. The molecule has 3 heterocycles. The number of nitrogens with zero attached hydrogens (tertiary/aromatic N) is 6. The van der Waals surface area contributed by atoms with Crippen molar-refractivity contribution in [1.29, 1.82) is 0 Å². The van der Waals surface area contributed by atoms with Gasteiger partial charge in [-0.2, -0.15) is 4.98 Å². The number of aromatic nitrogens is 4. The summed E-state index contributed by atoms with van der Waals surface area (Å²) in [5.41, 5.74) is 4.90. The van der Waals surface area contributed by atoms with Crippen LogP contribution in [0.1, 0.15) is 24.8 Å². The Bertz CT molecular complexity index is 1720. The third-order valence-corrected chi connectivity index (χ3v) is 7.63. The lowest BCUT2D eigenvalue weighted by molar-refractivity contribution is -0.111. The van der Waals surface area contributed by atoms with Crippen LogP contribution in [0.4, 0.5) is 23.0 Å². The topological polar surface area (TPSA) is 110 Å². The number of rotatable bonds is 11. The minimum Gasteiger partial charge on any atom is -0.488 e. The van der Waals surface area contributed by atoms with Gasteiger partial charge in [0.15, 0.2) is 0 Å². The maximum atomic E-state index is 13.5. The van der Waals surface area contributed by atoms with Crippen LogP contribution < -0.4 is 26.0 Å². The van der Waals surface area contributed by atoms with Gasteiger partial charge in [-0.15, -0.1) is 0 Å². The van der Waals surface area contributed by atoms with Crippen molar-refractivity contribution < 1.29 is 9.53 Å². The molecule has 1 aliphatic heterocycles. The van der Waals surface area contributed by atoms with Crippen LogP contribution in [0.2, 0.25) is 0 Å². The molecule has 0 radical (unpaired) electrons. The number of imidazole rings is 1. The van der Waals surface area contributed by atoms with Crippen LogP contribution in [0.3, 0.4) is 0 Å². The fourth-order valence-corrected chi connectivity index (χ4v) is 5.30. The Morgan fingerprint density at radius 2 is 2.00 bits per heavy atom. The van der Waals surface area contributed by atoms with E-state index in [4.69, 9.17) is 9.72 Å². The van der Waals surface area contributed by atoms with E-state index in [0.717, 1.165) is 55.5 Å². The molecule has 218 valence electrons. The molecule has 2 aliphatic rings. The second-order valence-corrected chi connectivity index (χ2v) is 11.1. The van der Waals surface area contributed by atoms with Gasteiger partial charge in [-0.25, -0.2) is 14.3 Å². The van der Waals surface area contributed by atoms with E-state index >= 15 is 0 Å². The van der Waals surface area contributed by atoms with Crippen molar-refractivity contribution in [3.8, 4) is 11.6 Å². The average Bonchev–Trinajstić information content (AvgIpc) is 3.76. The lowest BCUT2D eigenvalue weighted by Crippen LogP contribution is -2.29. The van der Waals surface area contributed by atoms with Crippen LogP contribution in [0, 0.1) is 0 Å². The predicted molar refractivity (Wildman–Crippen MR) is 165 cm³/mol. The Kier molecular flexibility index (Phi) is 7.42. The van der Waals surface area contributed by atoms with Gasteiger partial charge in [0.1, 0.15) is 11.6 Å². The number of benzene rings is 2. The first kappa shape index (κ1) is 27.5. The van der Waals surface area contributed by atoms with Crippen molar-refractivity contribution in [2.75, 3.05) is 49.8 Å². The maximum absolute atomic E-state index is 13.5. The van der Waals surface area contributed by atoms with Crippen molar-refractivity contribution in [2.45, 2.75) is 38.3 Å². The highest BCUT2D eigenvalue weighted by molar-refractivity contribution is 6.02. The number of ether oxygens (including phenoxy) is 1. The van der Waals surface area contributed by atoms with Crippen molar-refractivity contribution in [3.63, 3.8) is 0 Å². The molecular weight excluding hydrogens is 532 g/mol. The van der Waals surface area contributed by atoms with E-state index in [2.05, 4.69) is 38.1 Å². The lowest BCUT2D eigenvalue weighted by Gasteiger charge is -2.26. The highest BCUT2D eigenvalue weighted by Gasteiger charge is 2.27. The van der Waals surface area contributed by atoms with Crippen molar-refractivity contribution >= 4 is 40.0 Å². The Hall–Kier alpha value is -4.64. The third kappa shape index (κ3) is 5.47. The zero-order chi connectivity index (χ0) is 29.4. The molecule has 1 saturated carbocycles. The molecule has 4 aromatic rings. The summed E-state index contributed by atoms with van der Waals surface area (Å²) in [6, 6.07) is 11.5. The monoisotopic (exact) mass is 568 g/mol. The fourth-order valence-electron chi connectivity index (χ4n) is 5.30. The predicted octanol–water partition coefficient (Wildman–Crippen LogP) is 3.94. The largest absolute Gasteiger partial charge is 0.488 e. The zero-order valence-electron chi connectivity index (χ0n) is 24.3. The number of likely N-dealkylation sites (N-methyl/N-ethyl adjacent to an activating group) is 2. The summed E-state index contributed by atoms with van der Waals surface area (Å²) in [6.07, 6.45) is 6.87. The van der Waals surface area contributed by atoms with Crippen LogP contribution >= 0.6 is 0 Å². The molecule has 11 nitrogen and oxygen atoms in total. The van der Waals surface area contributed by atoms with Crippen molar-refractivity contribution in [2.24, 2.45) is 0 Å².